The number of carbonyl (C=O) groups is 1. The Labute approximate surface area is 153 Å². The zero-order chi connectivity index (χ0) is 19.2. The number of ether oxygens (including phenoxy) is 1. The number of rotatable bonds is 2. The number of fused-ring (bicyclic) bond motifs is 1. The largest absolute Gasteiger partial charge is 0.417 e. The third-order valence-corrected chi connectivity index (χ3v) is 4.60. The first kappa shape index (κ1) is 19.0. The second kappa shape index (κ2) is 6.74. The minimum Gasteiger partial charge on any atom is -0.372 e. The molecule has 0 aliphatic carbocycles. The molecule has 1 fully saturated rings. The van der Waals surface area contributed by atoms with Crippen LogP contribution in [0.5, 0.6) is 0 Å². The average Bonchev–Trinajstić information content (AvgIpc) is 2.91. The monoisotopic (exact) mass is 389 g/mol. The number of pyridine rings is 1. The third-order valence-electron chi connectivity index (χ3n) is 4.32. The molecule has 0 aromatic carbocycles. The molecule has 0 radical (unpaired) electrons. The molecule has 2 aromatic heterocycles. The highest BCUT2D eigenvalue weighted by atomic mass is 35.5. The third kappa shape index (κ3) is 3.40. The smallest absolute Gasteiger partial charge is 0.372 e. The van der Waals surface area contributed by atoms with Crippen LogP contribution < -0.4 is 0 Å². The van der Waals surface area contributed by atoms with E-state index in [-0.39, 0.29) is 34.5 Å². The summed E-state index contributed by atoms with van der Waals surface area (Å²) >= 11 is 6.02. The molecule has 142 valence electrons. The topological polar surface area (TPSA) is 46.8 Å². The van der Waals surface area contributed by atoms with Crippen molar-refractivity contribution in [2.45, 2.75) is 45.6 Å². The Balaban J connectivity index is 2.14. The Kier molecular flexibility index (Phi) is 4.92. The first-order valence-corrected chi connectivity index (χ1v) is 8.72. The molecule has 0 bridgehead atoms. The number of hydrogen-bond acceptors (Lipinski definition) is 3. The first-order valence-electron chi connectivity index (χ1n) is 8.34. The van der Waals surface area contributed by atoms with Gasteiger partial charge in [-0.2, -0.15) is 13.2 Å². The van der Waals surface area contributed by atoms with Crippen LogP contribution >= 0.6 is 11.6 Å². The molecule has 9 heteroatoms. The summed E-state index contributed by atoms with van der Waals surface area (Å²) in [5.74, 6) is -0.369. The quantitative estimate of drug-likeness (QED) is 0.784. The number of carbonyl (C=O) groups excluding carboxylic acids is 1. The number of hydrogen-bond donors (Lipinski definition) is 0. The van der Waals surface area contributed by atoms with Crippen LogP contribution in [0.4, 0.5) is 13.2 Å². The number of imidazole rings is 1. The maximum atomic E-state index is 13.2. The lowest BCUT2D eigenvalue weighted by Gasteiger charge is -2.35. The molecule has 5 nitrogen and oxygen atoms in total. The number of nitrogens with zero attached hydrogens (tertiary/aromatic N) is 3. The fraction of sp³-hybridized carbons (Fsp3) is 0.529. The zero-order valence-corrected chi connectivity index (χ0v) is 15.4. The minimum absolute atomic E-state index is 0.122. The normalized spacial score (nSPS) is 21.4. The van der Waals surface area contributed by atoms with Crippen molar-refractivity contribution in [1.82, 2.24) is 14.3 Å². The van der Waals surface area contributed by atoms with Crippen LogP contribution in [-0.2, 0) is 17.3 Å². The molecule has 3 rings (SSSR count). The molecule has 2 aromatic rings. The molecule has 26 heavy (non-hydrogen) atoms. The van der Waals surface area contributed by atoms with Gasteiger partial charge >= 0.3 is 6.18 Å². The lowest BCUT2D eigenvalue weighted by molar-refractivity contribution is -0.137. The molecule has 1 aliphatic rings. The Morgan fingerprint density at radius 2 is 1.96 bits per heavy atom. The number of aromatic nitrogens is 2. The van der Waals surface area contributed by atoms with Gasteiger partial charge < -0.3 is 9.64 Å². The van der Waals surface area contributed by atoms with Gasteiger partial charge in [-0.25, -0.2) is 4.98 Å². The summed E-state index contributed by atoms with van der Waals surface area (Å²) in [6.45, 7) is 6.23. The van der Waals surface area contributed by atoms with Crippen LogP contribution in [0.15, 0.2) is 12.3 Å². The Morgan fingerprint density at radius 1 is 1.35 bits per heavy atom. The Bertz CT molecular complexity index is 840. The number of halogens is 4. The number of alkyl halides is 3. The standard InChI is InChI=1S/C17H19ClF3N3O2/c1-4-13-14(16(25)23-6-9(2)26-10(3)7-23)24-8-11(17(19,20)21)5-12(18)15(24)22-13/h5,8-10H,4,6-7H2,1-3H3. The lowest BCUT2D eigenvalue weighted by Crippen LogP contribution is -2.48. The molecule has 3 heterocycles. The van der Waals surface area contributed by atoms with Crippen LogP contribution in [0, 0.1) is 0 Å². The van der Waals surface area contributed by atoms with E-state index in [1.807, 2.05) is 13.8 Å². The van der Waals surface area contributed by atoms with Gasteiger partial charge in [0, 0.05) is 19.3 Å². The van der Waals surface area contributed by atoms with E-state index in [0.29, 0.717) is 25.2 Å². The molecule has 0 saturated carbocycles. The van der Waals surface area contributed by atoms with Crippen molar-refractivity contribution in [3.8, 4) is 0 Å². The molecule has 1 saturated heterocycles. The Hall–Kier alpha value is -1.80. The van der Waals surface area contributed by atoms with Crippen molar-refractivity contribution in [2.24, 2.45) is 0 Å². The van der Waals surface area contributed by atoms with Gasteiger partial charge in [0.05, 0.1) is 28.5 Å². The maximum Gasteiger partial charge on any atom is 0.417 e. The van der Waals surface area contributed by atoms with Gasteiger partial charge in [0.25, 0.3) is 5.91 Å². The van der Waals surface area contributed by atoms with Crippen molar-refractivity contribution in [2.75, 3.05) is 13.1 Å². The van der Waals surface area contributed by atoms with Crippen molar-refractivity contribution in [3.63, 3.8) is 0 Å². The fourth-order valence-electron chi connectivity index (χ4n) is 3.27. The summed E-state index contributed by atoms with van der Waals surface area (Å²) in [6, 6.07) is 0.830. The first-order chi connectivity index (χ1) is 12.1. The van der Waals surface area contributed by atoms with Gasteiger partial charge in [-0.05, 0) is 26.3 Å². The van der Waals surface area contributed by atoms with Crippen molar-refractivity contribution >= 4 is 23.2 Å². The molecule has 0 N–H and O–H groups in total. The second-order valence-electron chi connectivity index (χ2n) is 6.50. The Morgan fingerprint density at radius 3 is 2.50 bits per heavy atom. The summed E-state index contributed by atoms with van der Waals surface area (Å²) in [6.07, 6.45) is -3.59. The highest BCUT2D eigenvalue weighted by Gasteiger charge is 2.34. The minimum atomic E-state index is -4.57. The number of morpholine rings is 1. The van der Waals surface area contributed by atoms with Gasteiger partial charge in [-0.1, -0.05) is 18.5 Å². The van der Waals surface area contributed by atoms with Gasteiger partial charge in [0.1, 0.15) is 5.69 Å². The molecular weight excluding hydrogens is 371 g/mol. The summed E-state index contributed by atoms with van der Waals surface area (Å²) < 4.78 is 46.3. The van der Waals surface area contributed by atoms with Gasteiger partial charge in [-0.3, -0.25) is 9.20 Å². The summed E-state index contributed by atoms with van der Waals surface area (Å²) in [4.78, 5) is 19.0. The van der Waals surface area contributed by atoms with E-state index in [0.717, 1.165) is 16.7 Å². The predicted molar refractivity (Wildman–Crippen MR) is 90.5 cm³/mol. The van der Waals surface area contributed by atoms with Crippen LogP contribution in [0.1, 0.15) is 42.5 Å². The fourth-order valence-corrected chi connectivity index (χ4v) is 3.52. The van der Waals surface area contributed by atoms with Crippen LogP contribution in [0.3, 0.4) is 0 Å². The van der Waals surface area contributed by atoms with Crippen LogP contribution in [0.25, 0.3) is 5.65 Å². The molecule has 1 amide bonds. The van der Waals surface area contributed by atoms with Crippen molar-refractivity contribution in [3.05, 3.63) is 34.2 Å². The molecule has 1 aliphatic heterocycles. The molecule has 2 unspecified atom stereocenters. The summed E-state index contributed by atoms with van der Waals surface area (Å²) in [7, 11) is 0. The number of aryl methyl sites for hydroxylation is 1. The van der Waals surface area contributed by atoms with Gasteiger partial charge in [0.15, 0.2) is 5.65 Å². The van der Waals surface area contributed by atoms with E-state index in [1.165, 1.54) is 0 Å². The van der Waals surface area contributed by atoms with Gasteiger partial charge in [0.2, 0.25) is 0 Å². The average molecular weight is 390 g/mol. The highest BCUT2D eigenvalue weighted by molar-refractivity contribution is 6.33. The summed E-state index contributed by atoms with van der Waals surface area (Å²) in [5, 5.41) is -0.141. The van der Waals surface area contributed by atoms with E-state index in [9.17, 15) is 18.0 Å². The van der Waals surface area contributed by atoms with E-state index >= 15 is 0 Å². The van der Waals surface area contributed by atoms with E-state index in [2.05, 4.69) is 4.98 Å². The number of amides is 1. The second-order valence-corrected chi connectivity index (χ2v) is 6.90. The van der Waals surface area contributed by atoms with Crippen molar-refractivity contribution < 1.29 is 22.7 Å². The van der Waals surface area contributed by atoms with Crippen molar-refractivity contribution in [1.29, 1.82) is 0 Å². The van der Waals surface area contributed by atoms with E-state index in [1.54, 1.807) is 11.8 Å². The maximum absolute atomic E-state index is 13.2. The molecule has 2 atom stereocenters. The van der Waals surface area contributed by atoms with Gasteiger partial charge in [-0.15, -0.1) is 0 Å². The van der Waals surface area contributed by atoms with E-state index in [4.69, 9.17) is 16.3 Å². The zero-order valence-electron chi connectivity index (χ0n) is 14.6. The predicted octanol–water partition coefficient (Wildman–Crippen LogP) is 3.82. The SMILES string of the molecule is CCc1nc2c(Cl)cc(C(F)(F)F)cn2c1C(=O)N1CC(C)OC(C)C1. The lowest BCUT2D eigenvalue weighted by atomic mass is 10.2. The van der Waals surface area contributed by atoms with Crippen LogP contribution in [-0.4, -0.2) is 45.5 Å². The molecular formula is C17H19ClF3N3O2. The highest BCUT2D eigenvalue weighted by Crippen LogP contribution is 2.33. The van der Waals surface area contributed by atoms with E-state index < -0.39 is 11.7 Å². The molecule has 0 spiro atoms. The van der Waals surface area contributed by atoms with Crippen LogP contribution in [0.2, 0.25) is 5.02 Å². The summed E-state index contributed by atoms with van der Waals surface area (Å²) in [5.41, 5.74) is -0.234.